The first kappa shape index (κ1) is 21.2. The van der Waals surface area contributed by atoms with E-state index in [0.717, 1.165) is 37.9 Å². The van der Waals surface area contributed by atoms with Crippen molar-refractivity contribution in [2.45, 2.75) is 70.7 Å². The highest BCUT2D eigenvalue weighted by molar-refractivity contribution is 5.72. The zero-order chi connectivity index (χ0) is 22.6. The minimum Gasteiger partial charge on any atom is -0.489 e. The molecule has 3 fully saturated rings. The molecule has 2 aliphatic heterocycles. The predicted molar refractivity (Wildman–Crippen MR) is 126 cm³/mol. The van der Waals surface area contributed by atoms with E-state index in [4.69, 9.17) is 14.2 Å². The van der Waals surface area contributed by atoms with Crippen LogP contribution < -0.4 is 4.74 Å². The number of ether oxygens (including phenoxy) is 3. The third-order valence-electron chi connectivity index (χ3n) is 9.30. The summed E-state index contributed by atoms with van der Waals surface area (Å²) < 4.78 is 18.5. The van der Waals surface area contributed by atoms with Crippen molar-refractivity contribution in [1.29, 1.82) is 0 Å². The normalized spacial score (nSPS) is 37.1. The summed E-state index contributed by atoms with van der Waals surface area (Å²) in [5.41, 5.74) is 3.97. The van der Waals surface area contributed by atoms with Gasteiger partial charge in [0.1, 0.15) is 12.4 Å². The minimum atomic E-state index is -0.729. The van der Waals surface area contributed by atoms with Crippen molar-refractivity contribution in [3.63, 3.8) is 0 Å². The minimum absolute atomic E-state index is 0.0673. The van der Waals surface area contributed by atoms with Gasteiger partial charge in [0.15, 0.2) is 0 Å². The Kier molecular flexibility index (Phi) is 5.06. The highest BCUT2D eigenvalue weighted by Gasteiger charge is 2.67. The van der Waals surface area contributed by atoms with E-state index in [1.54, 1.807) is 0 Å². The number of carbonyl (C=O) groups is 1. The fourth-order valence-electron chi connectivity index (χ4n) is 7.60. The van der Waals surface area contributed by atoms with Gasteiger partial charge in [-0.25, -0.2) is 0 Å². The monoisotopic (exact) mass is 446 g/mol. The van der Waals surface area contributed by atoms with E-state index in [2.05, 4.69) is 44.2 Å². The van der Waals surface area contributed by atoms with E-state index in [0.29, 0.717) is 37.4 Å². The van der Waals surface area contributed by atoms with Crippen molar-refractivity contribution in [1.82, 2.24) is 0 Å². The van der Waals surface area contributed by atoms with Crippen LogP contribution in [0.1, 0.15) is 68.6 Å². The molecule has 6 unspecified atom stereocenters. The Balaban J connectivity index is 1.25. The van der Waals surface area contributed by atoms with Crippen LogP contribution in [0.3, 0.4) is 0 Å². The highest BCUT2D eigenvalue weighted by atomic mass is 16.7. The average molecular weight is 447 g/mol. The van der Waals surface area contributed by atoms with E-state index >= 15 is 0 Å². The van der Waals surface area contributed by atoms with Crippen LogP contribution in [0.5, 0.6) is 5.75 Å². The molecule has 1 saturated carbocycles. The van der Waals surface area contributed by atoms with Crippen LogP contribution in [-0.2, 0) is 27.3 Å². The molecule has 2 aliphatic carbocycles. The lowest BCUT2D eigenvalue weighted by atomic mass is 9.49. The van der Waals surface area contributed by atoms with Gasteiger partial charge < -0.3 is 14.2 Å². The molecule has 4 aliphatic rings. The molecule has 0 amide bonds. The number of esters is 1. The van der Waals surface area contributed by atoms with Gasteiger partial charge in [-0.3, -0.25) is 4.79 Å². The van der Waals surface area contributed by atoms with Gasteiger partial charge in [0, 0.05) is 17.8 Å². The fourth-order valence-corrected chi connectivity index (χ4v) is 7.60. The molecule has 174 valence electrons. The Morgan fingerprint density at radius 1 is 1.09 bits per heavy atom. The summed E-state index contributed by atoms with van der Waals surface area (Å²) in [5, 5.41) is 0. The Labute approximate surface area is 196 Å². The topological polar surface area (TPSA) is 44.8 Å². The number of aryl methyl sites for hydroxylation is 1. The SMILES string of the molecule is CC1CCOC12OC(=O)CC1C3CCc4cc(OCc5ccccc5)ccc4C3CCC12C. The zero-order valence-corrected chi connectivity index (χ0v) is 19.7. The fraction of sp³-hybridized carbons (Fsp3) is 0.552. The van der Waals surface area contributed by atoms with Crippen LogP contribution in [0.4, 0.5) is 0 Å². The quantitative estimate of drug-likeness (QED) is 0.540. The van der Waals surface area contributed by atoms with Gasteiger partial charge in [-0.05, 0) is 78.7 Å². The standard InChI is InChI=1S/C29H34O4/c1-19-13-15-32-29(19)28(2)14-12-24-23-11-9-22(31-18-20-6-4-3-5-7-20)16-21(23)8-10-25(24)26(28)17-27(30)33-29/h3-7,9,11,16,19,24-26H,8,10,12-15,17-18H2,1-2H3. The molecule has 2 aromatic carbocycles. The predicted octanol–water partition coefficient (Wildman–Crippen LogP) is 6.03. The zero-order valence-electron chi connectivity index (χ0n) is 19.7. The molecule has 1 spiro atoms. The Hall–Kier alpha value is -2.33. The van der Waals surface area contributed by atoms with Gasteiger partial charge in [-0.2, -0.15) is 0 Å². The first-order valence-electron chi connectivity index (χ1n) is 12.7. The average Bonchev–Trinajstić information content (AvgIpc) is 3.20. The van der Waals surface area contributed by atoms with Gasteiger partial charge in [0.25, 0.3) is 0 Å². The molecular formula is C29H34O4. The maximum Gasteiger partial charge on any atom is 0.308 e. The third kappa shape index (κ3) is 3.24. The van der Waals surface area contributed by atoms with Crippen molar-refractivity contribution in [2.75, 3.05) is 6.61 Å². The molecule has 0 radical (unpaired) electrons. The molecule has 2 saturated heterocycles. The van der Waals surface area contributed by atoms with Gasteiger partial charge in [0.2, 0.25) is 5.79 Å². The van der Waals surface area contributed by atoms with Crippen LogP contribution in [0.25, 0.3) is 0 Å². The van der Waals surface area contributed by atoms with E-state index in [-0.39, 0.29) is 17.3 Å². The molecule has 0 N–H and O–H groups in total. The van der Waals surface area contributed by atoms with Crippen molar-refractivity contribution < 1.29 is 19.0 Å². The molecular weight excluding hydrogens is 412 g/mol. The first-order valence-corrected chi connectivity index (χ1v) is 12.7. The number of fused-ring (bicyclic) bond motifs is 6. The summed E-state index contributed by atoms with van der Waals surface area (Å²) in [7, 11) is 0. The molecule has 4 nitrogen and oxygen atoms in total. The summed E-state index contributed by atoms with van der Waals surface area (Å²) in [4.78, 5) is 12.8. The van der Waals surface area contributed by atoms with Gasteiger partial charge in [0.05, 0.1) is 6.61 Å². The lowest BCUT2D eigenvalue weighted by Crippen LogP contribution is -2.63. The summed E-state index contributed by atoms with van der Waals surface area (Å²) in [6.07, 6.45) is 5.84. The molecule has 0 bridgehead atoms. The first-order chi connectivity index (χ1) is 16.0. The smallest absolute Gasteiger partial charge is 0.308 e. The number of rotatable bonds is 3. The number of hydrogen-bond acceptors (Lipinski definition) is 4. The van der Waals surface area contributed by atoms with Crippen LogP contribution in [0.2, 0.25) is 0 Å². The maximum atomic E-state index is 12.8. The molecule has 2 heterocycles. The second kappa shape index (κ2) is 7.87. The third-order valence-corrected chi connectivity index (χ3v) is 9.30. The van der Waals surface area contributed by atoms with Crippen LogP contribution in [-0.4, -0.2) is 18.4 Å². The molecule has 33 heavy (non-hydrogen) atoms. The molecule has 4 heteroatoms. The van der Waals surface area contributed by atoms with Crippen molar-refractivity contribution in [3.05, 3.63) is 65.2 Å². The van der Waals surface area contributed by atoms with Crippen molar-refractivity contribution >= 4 is 5.97 Å². The van der Waals surface area contributed by atoms with Gasteiger partial charge >= 0.3 is 5.97 Å². The van der Waals surface area contributed by atoms with E-state index in [9.17, 15) is 4.79 Å². The maximum absolute atomic E-state index is 12.8. The molecule has 0 aromatic heterocycles. The van der Waals surface area contributed by atoms with Crippen LogP contribution in [0.15, 0.2) is 48.5 Å². The number of benzene rings is 2. The Morgan fingerprint density at radius 3 is 2.73 bits per heavy atom. The Morgan fingerprint density at radius 2 is 1.94 bits per heavy atom. The van der Waals surface area contributed by atoms with E-state index < -0.39 is 5.79 Å². The summed E-state index contributed by atoms with van der Waals surface area (Å²) in [6, 6.07) is 17.0. The number of hydrogen-bond donors (Lipinski definition) is 0. The number of carbonyl (C=O) groups excluding carboxylic acids is 1. The van der Waals surface area contributed by atoms with Crippen molar-refractivity contribution in [2.24, 2.45) is 23.2 Å². The molecule has 2 aromatic rings. The largest absolute Gasteiger partial charge is 0.489 e. The second-order valence-corrected chi connectivity index (χ2v) is 10.9. The van der Waals surface area contributed by atoms with Crippen LogP contribution >= 0.6 is 0 Å². The van der Waals surface area contributed by atoms with Gasteiger partial charge in [-0.15, -0.1) is 0 Å². The lowest BCUT2D eigenvalue weighted by Gasteiger charge is -2.60. The lowest BCUT2D eigenvalue weighted by molar-refractivity contribution is -0.318. The summed E-state index contributed by atoms with van der Waals surface area (Å²) >= 11 is 0. The molecule has 6 rings (SSSR count). The van der Waals surface area contributed by atoms with E-state index in [1.807, 2.05) is 18.2 Å². The van der Waals surface area contributed by atoms with Gasteiger partial charge in [-0.1, -0.05) is 50.2 Å². The summed E-state index contributed by atoms with van der Waals surface area (Å²) in [6.45, 7) is 5.83. The highest BCUT2D eigenvalue weighted by Crippen LogP contribution is 2.65. The molecule has 6 atom stereocenters. The summed E-state index contributed by atoms with van der Waals surface area (Å²) in [5.74, 6) is 1.75. The second-order valence-electron chi connectivity index (χ2n) is 10.9. The van der Waals surface area contributed by atoms with E-state index in [1.165, 1.54) is 16.7 Å². The Bertz CT molecular complexity index is 1050. The van der Waals surface area contributed by atoms with Crippen molar-refractivity contribution in [3.8, 4) is 5.75 Å². The van der Waals surface area contributed by atoms with Crippen LogP contribution in [0, 0.1) is 23.2 Å².